The molecule has 0 aliphatic rings. The van der Waals surface area contributed by atoms with Crippen LogP contribution in [0.15, 0.2) is 4.52 Å². The van der Waals surface area contributed by atoms with Crippen LogP contribution >= 0.6 is 0 Å². The van der Waals surface area contributed by atoms with Gasteiger partial charge in [-0.2, -0.15) is 0 Å². The quantitative estimate of drug-likeness (QED) is 0.854. The van der Waals surface area contributed by atoms with E-state index in [1.165, 1.54) is 5.56 Å². The Balaban J connectivity index is 2.42. The van der Waals surface area contributed by atoms with Crippen molar-refractivity contribution in [3.05, 3.63) is 17.0 Å². The molecular formula is C13H24N2O. The predicted molar refractivity (Wildman–Crippen MR) is 66.6 cm³/mol. The van der Waals surface area contributed by atoms with Gasteiger partial charge in [-0.15, -0.1) is 0 Å². The SMILES string of the molecule is Cc1noc(C)c1CCNC(C)C(C)(C)C. The number of hydrogen-bond acceptors (Lipinski definition) is 3. The third-order valence-corrected chi connectivity index (χ3v) is 3.31. The lowest BCUT2D eigenvalue weighted by Gasteiger charge is -2.28. The first kappa shape index (κ1) is 13.2. The van der Waals surface area contributed by atoms with Gasteiger partial charge < -0.3 is 9.84 Å². The van der Waals surface area contributed by atoms with Crippen LogP contribution in [0.5, 0.6) is 0 Å². The highest BCUT2D eigenvalue weighted by Crippen LogP contribution is 2.18. The molecule has 1 atom stereocenters. The van der Waals surface area contributed by atoms with Gasteiger partial charge in [0.15, 0.2) is 0 Å². The number of nitrogens with one attached hydrogen (secondary N) is 1. The molecule has 3 nitrogen and oxygen atoms in total. The Morgan fingerprint density at radius 1 is 1.31 bits per heavy atom. The van der Waals surface area contributed by atoms with E-state index >= 15 is 0 Å². The van der Waals surface area contributed by atoms with Crippen molar-refractivity contribution < 1.29 is 4.52 Å². The van der Waals surface area contributed by atoms with E-state index in [4.69, 9.17) is 4.52 Å². The van der Waals surface area contributed by atoms with Crippen LogP contribution in [0.2, 0.25) is 0 Å². The molecule has 0 spiro atoms. The summed E-state index contributed by atoms with van der Waals surface area (Å²) in [4.78, 5) is 0. The van der Waals surface area contributed by atoms with Crippen LogP contribution in [0.1, 0.15) is 44.7 Å². The first-order chi connectivity index (χ1) is 7.32. The van der Waals surface area contributed by atoms with Crippen molar-refractivity contribution in [2.45, 2.75) is 54.0 Å². The summed E-state index contributed by atoms with van der Waals surface area (Å²) < 4.78 is 5.14. The molecule has 0 aromatic carbocycles. The van der Waals surface area contributed by atoms with Crippen molar-refractivity contribution in [1.82, 2.24) is 10.5 Å². The molecule has 1 aromatic rings. The molecule has 1 N–H and O–H groups in total. The maximum atomic E-state index is 5.14. The van der Waals surface area contributed by atoms with Gasteiger partial charge in [-0.1, -0.05) is 25.9 Å². The van der Waals surface area contributed by atoms with E-state index in [-0.39, 0.29) is 0 Å². The van der Waals surface area contributed by atoms with Crippen LogP contribution in [0.3, 0.4) is 0 Å². The minimum Gasteiger partial charge on any atom is -0.361 e. The summed E-state index contributed by atoms with van der Waals surface area (Å²) in [6, 6.07) is 0.507. The number of rotatable bonds is 4. The maximum Gasteiger partial charge on any atom is 0.137 e. The van der Waals surface area contributed by atoms with Gasteiger partial charge in [-0.3, -0.25) is 0 Å². The van der Waals surface area contributed by atoms with Gasteiger partial charge in [0.25, 0.3) is 0 Å². The van der Waals surface area contributed by atoms with Crippen molar-refractivity contribution in [3.63, 3.8) is 0 Å². The van der Waals surface area contributed by atoms with Gasteiger partial charge in [0, 0.05) is 11.6 Å². The largest absolute Gasteiger partial charge is 0.361 e. The maximum absolute atomic E-state index is 5.14. The Hall–Kier alpha value is -0.830. The van der Waals surface area contributed by atoms with Gasteiger partial charge in [0.1, 0.15) is 5.76 Å². The van der Waals surface area contributed by atoms with E-state index in [9.17, 15) is 0 Å². The van der Waals surface area contributed by atoms with E-state index in [2.05, 4.69) is 38.2 Å². The average molecular weight is 224 g/mol. The smallest absolute Gasteiger partial charge is 0.137 e. The zero-order valence-electron chi connectivity index (χ0n) is 11.3. The van der Waals surface area contributed by atoms with Crippen LogP contribution in [0.25, 0.3) is 0 Å². The average Bonchev–Trinajstić information content (AvgIpc) is 2.47. The Morgan fingerprint density at radius 2 is 1.94 bits per heavy atom. The lowest BCUT2D eigenvalue weighted by molar-refractivity contribution is 0.288. The highest BCUT2D eigenvalue weighted by molar-refractivity contribution is 5.20. The van der Waals surface area contributed by atoms with Gasteiger partial charge >= 0.3 is 0 Å². The second-order valence-corrected chi connectivity index (χ2v) is 5.59. The molecule has 0 fully saturated rings. The molecule has 1 heterocycles. The molecule has 0 aliphatic carbocycles. The molecule has 0 radical (unpaired) electrons. The molecule has 1 unspecified atom stereocenters. The third kappa shape index (κ3) is 3.34. The summed E-state index contributed by atoms with van der Waals surface area (Å²) in [7, 11) is 0. The Bertz CT molecular complexity index is 317. The fourth-order valence-electron chi connectivity index (χ4n) is 1.58. The van der Waals surface area contributed by atoms with Crippen molar-refractivity contribution >= 4 is 0 Å². The summed E-state index contributed by atoms with van der Waals surface area (Å²) >= 11 is 0. The number of hydrogen-bond donors (Lipinski definition) is 1. The fourth-order valence-corrected chi connectivity index (χ4v) is 1.58. The molecule has 92 valence electrons. The minimum atomic E-state index is 0.304. The highest BCUT2D eigenvalue weighted by Gasteiger charge is 2.19. The molecule has 0 saturated heterocycles. The van der Waals surface area contributed by atoms with E-state index < -0.39 is 0 Å². The zero-order valence-corrected chi connectivity index (χ0v) is 11.3. The molecule has 0 bridgehead atoms. The first-order valence-corrected chi connectivity index (χ1v) is 5.97. The topological polar surface area (TPSA) is 38.1 Å². The molecule has 1 rings (SSSR count). The van der Waals surface area contributed by atoms with E-state index in [1.807, 2.05) is 13.8 Å². The second-order valence-electron chi connectivity index (χ2n) is 5.59. The Labute approximate surface area is 98.6 Å². The molecule has 16 heavy (non-hydrogen) atoms. The lowest BCUT2D eigenvalue weighted by atomic mass is 9.88. The monoisotopic (exact) mass is 224 g/mol. The summed E-state index contributed by atoms with van der Waals surface area (Å²) in [6.07, 6.45) is 0.988. The standard InChI is InChI=1S/C13H24N2O/c1-9-12(10(2)16-15-9)7-8-14-11(3)13(4,5)6/h11,14H,7-8H2,1-6H3. The first-order valence-electron chi connectivity index (χ1n) is 5.97. The molecule has 1 aromatic heterocycles. The molecular weight excluding hydrogens is 200 g/mol. The van der Waals surface area contributed by atoms with Crippen molar-refractivity contribution in [3.8, 4) is 0 Å². The van der Waals surface area contributed by atoms with E-state index in [0.29, 0.717) is 11.5 Å². The van der Waals surface area contributed by atoms with Crippen LogP contribution in [-0.2, 0) is 6.42 Å². The van der Waals surface area contributed by atoms with Crippen LogP contribution in [-0.4, -0.2) is 17.7 Å². The molecule has 3 heteroatoms. The summed E-state index contributed by atoms with van der Waals surface area (Å²) in [5.41, 5.74) is 2.56. The summed E-state index contributed by atoms with van der Waals surface area (Å²) in [5, 5.41) is 7.51. The van der Waals surface area contributed by atoms with E-state index in [1.54, 1.807) is 0 Å². The lowest BCUT2D eigenvalue weighted by Crippen LogP contribution is -2.38. The molecule has 0 saturated carbocycles. The van der Waals surface area contributed by atoms with Gasteiger partial charge in [0.05, 0.1) is 5.69 Å². The Morgan fingerprint density at radius 3 is 2.38 bits per heavy atom. The second kappa shape index (κ2) is 5.00. The van der Waals surface area contributed by atoms with Gasteiger partial charge in [-0.05, 0) is 39.2 Å². The molecule has 0 amide bonds. The normalized spacial score (nSPS) is 14.1. The van der Waals surface area contributed by atoms with Gasteiger partial charge in [0.2, 0.25) is 0 Å². The fraction of sp³-hybridized carbons (Fsp3) is 0.769. The summed E-state index contributed by atoms with van der Waals surface area (Å²) in [6.45, 7) is 13.9. The van der Waals surface area contributed by atoms with Gasteiger partial charge in [-0.25, -0.2) is 0 Å². The number of aryl methyl sites for hydroxylation is 2. The highest BCUT2D eigenvalue weighted by atomic mass is 16.5. The Kier molecular flexibility index (Phi) is 4.14. The predicted octanol–water partition coefficient (Wildman–Crippen LogP) is 2.86. The third-order valence-electron chi connectivity index (χ3n) is 3.31. The minimum absolute atomic E-state index is 0.304. The van der Waals surface area contributed by atoms with Crippen LogP contribution in [0.4, 0.5) is 0 Å². The summed E-state index contributed by atoms with van der Waals surface area (Å²) in [5.74, 6) is 0.947. The zero-order chi connectivity index (χ0) is 12.3. The van der Waals surface area contributed by atoms with Crippen molar-refractivity contribution in [2.24, 2.45) is 5.41 Å². The molecule has 0 aliphatic heterocycles. The van der Waals surface area contributed by atoms with Crippen molar-refractivity contribution in [1.29, 1.82) is 0 Å². The van der Waals surface area contributed by atoms with Crippen molar-refractivity contribution in [2.75, 3.05) is 6.54 Å². The van der Waals surface area contributed by atoms with Crippen LogP contribution < -0.4 is 5.32 Å². The number of aromatic nitrogens is 1. The number of nitrogens with zero attached hydrogens (tertiary/aromatic N) is 1. The van der Waals surface area contributed by atoms with Crippen LogP contribution in [0, 0.1) is 19.3 Å². The van der Waals surface area contributed by atoms with E-state index in [0.717, 1.165) is 24.4 Å².